The summed E-state index contributed by atoms with van der Waals surface area (Å²) in [5.41, 5.74) is 8.91. The molecule has 1 amide bonds. The summed E-state index contributed by atoms with van der Waals surface area (Å²) in [5, 5.41) is 0. The van der Waals surface area contributed by atoms with Crippen molar-refractivity contribution in [3.8, 4) is 5.75 Å². The number of anilines is 1. The van der Waals surface area contributed by atoms with Gasteiger partial charge < -0.3 is 15.4 Å². The number of hydrogen-bond donors (Lipinski definition) is 1. The van der Waals surface area contributed by atoms with Crippen LogP contribution in [0.3, 0.4) is 0 Å². The molecule has 30 heavy (non-hydrogen) atoms. The van der Waals surface area contributed by atoms with Gasteiger partial charge in [-0.25, -0.2) is 0 Å². The van der Waals surface area contributed by atoms with E-state index in [1.165, 1.54) is 11.1 Å². The minimum absolute atomic E-state index is 0.0162. The van der Waals surface area contributed by atoms with Crippen LogP contribution in [0.2, 0.25) is 0 Å². The van der Waals surface area contributed by atoms with Crippen molar-refractivity contribution >= 4 is 11.6 Å². The highest BCUT2D eigenvalue weighted by atomic mass is 16.5. The van der Waals surface area contributed by atoms with Gasteiger partial charge in [-0.3, -0.25) is 9.69 Å². The number of carbonyl (C=O) groups is 1. The molecule has 1 fully saturated rings. The first-order valence-electron chi connectivity index (χ1n) is 10.3. The summed E-state index contributed by atoms with van der Waals surface area (Å²) in [5.74, 6) is 0.673. The lowest BCUT2D eigenvalue weighted by Crippen LogP contribution is -2.51. The Hall–Kier alpha value is -3.31. The van der Waals surface area contributed by atoms with Crippen LogP contribution in [0.5, 0.6) is 5.75 Å². The second-order valence-electron chi connectivity index (χ2n) is 7.50. The second kappa shape index (κ2) is 9.46. The van der Waals surface area contributed by atoms with Crippen molar-refractivity contribution in [2.45, 2.75) is 6.04 Å². The highest BCUT2D eigenvalue weighted by Crippen LogP contribution is 2.29. The summed E-state index contributed by atoms with van der Waals surface area (Å²) in [7, 11) is 0. The highest BCUT2D eigenvalue weighted by molar-refractivity contribution is 5.78. The smallest absolute Gasteiger partial charge is 0.260 e. The Labute approximate surface area is 177 Å². The van der Waals surface area contributed by atoms with Crippen LogP contribution < -0.4 is 10.5 Å². The lowest BCUT2D eigenvalue weighted by atomic mass is 9.96. The zero-order valence-electron chi connectivity index (χ0n) is 17.0. The molecule has 0 saturated carbocycles. The molecule has 3 aromatic rings. The van der Waals surface area contributed by atoms with Crippen LogP contribution in [0.1, 0.15) is 17.2 Å². The van der Waals surface area contributed by atoms with Gasteiger partial charge in [-0.1, -0.05) is 60.7 Å². The van der Waals surface area contributed by atoms with Gasteiger partial charge in [0.2, 0.25) is 0 Å². The molecule has 1 aliphatic heterocycles. The number of rotatable bonds is 6. The Kier molecular flexibility index (Phi) is 6.30. The van der Waals surface area contributed by atoms with E-state index >= 15 is 0 Å². The number of nitrogens with two attached hydrogens (primary N) is 1. The molecule has 0 bridgehead atoms. The average molecular weight is 402 g/mol. The standard InChI is InChI=1S/C25H27N3O2/c26-22-11-13-23(14-12-22)30-19-24(29)27-15-17-28(18-16-27)25(20-7-3-1-4-8-20)21-9-5-2-6-10-21/h1-14,25H,15-19,26H2. The molecule has 5 nitrogen and oxygen atoms in total. The summed E-state index contributed by atoms with van der Waals surface area (Å²) in [6, 6.07) is 28.4. The van der Waals surface area contributed by atoms with E-state index < -0.39 is 0 Å². The van der Waals surface area contributed by atoms with E-state index in [1.807, 2.05) is 17.0 Å². The number of nitrogen functional groups attached to an aromatic ring is 1. The fourth-order valence-corrected chi connectivity index (χ4v) is 3.91. The largest absolute Gasteiger partial charge is 0.484 e. The zero-order valence-corrected chi connectivity index (χ0v) is 17.0. The van der Waals surface area contributed by atoms with Crippen LogP contribution in [0.4, 0.5) is 5.69 Å². The Balaban J connectivity index is 1.38. The fraction of sp³-hybridized carbons (Fsp3) is 0.240. The molecular formula is C25H27N3O2. The maximum atomic E-state index is 12.6. The third kappa shape index (κ3) is 4.81. The minimum Gasteiger partial charge on any atom is -0.484 e. The number of piperazine rings is 1. The van der Waals surface area contributed by atoms with Crippen LogP contribution >= 0.6 is 0 Å². The summed E-state index contributed by atoms with van der Waals surface area (Å²) < 4.78 is 5.63. The van der Waals surface area contributed by atoms with Gasteiger partial charge in [-0.05, 0) is 35.4 Å². The summed E-state index contributed by atoms with van der Waals surface area (Å²) in [6.45, 7) is 3.08. The summed E-state index contributed by atoms with van der Waals surface area (Å²) in [4.78, 5) is 17.0. The fourth-order valence-electron chi connectivity index (χ4n) is 3.91. The number of benzene rings is 3. The molecule has 0 atom stereocenters. The Morgan fingerprint density at radius 2 is 1.33 bits per heavy atom. The lowest BCUT2D eigenvalue weighted by Gasteiger charge is -2.39. The molecule has 0 unspecified atom stereocenters. The van der Waals surface area contributed by atoms with E-state index in [0.29, 0.717) is 24.5 Å². The van der Waals surface area contributed by atoms with Gasteiger partial charge in [-0.2, -0.15) is 0 Å². The molecule has 1 aliphatic rings. The van der Waals surface area contributed by atoms with E-state index in [4.69, 9.17) is 10.5 Å². The molecule has 0 aliphatic carbocycles. The van der Waals surface area contributed by atoms with Crippen molar-refractivity contribution in [1.29, 1.82) is 0 Å². The maximum Gasteiger partial charge on any atom is 0.260 e. The summed E-state index contributed by atoms with van der Waals surface area (Å²) in [6.07, 6.45) is 0. The van der Waals surface area contributed by atoms with E-state index in [9.17, 15) is 4.79 Å². The molecule has 1 heterocycles. The van der Waals surface area contributed by atoms with Crippen LogP contribution in [0.25, 0.3) is 0 Å². The molecule has 0 spiro atoms. The van der Waals surface area contributed by atoms with Gasteiger partial charge >= 0.3 is 0 Å². The molecule has 0 radical (unpaired) electrons. The molecule has 0 aromatic heterocycles. The first-order valence-corrected chi connectivity index (χ1v) is 10.3. The molecule has 1 saturated heterocycles. The summed E-state index contributed by atoms with van der Waals surface area (Å²) >= 11 is 0. The van der Waals surface area contributed by atoms with Crippen molar-refractivity contribution in [3.05, 3.63) is 96.1 Å². The van der Waals surface area contributed by atoms with Crippen molar-refractivity contribution in [3.63, 3.8) is 0 Å². The van der Waals surface area contributed by atoms with E-state index in [2.05, 4.69) is 53.4 Å². The first-order chi connectivity index (χ1) is 14.7. The van der Waals surface area contributed by atoms with Crippen molar-refractivity contribution in [2.24, 2.45) is 0 Å². The topological polar surface area (TPSA) is 58.8 Å². The van der Waals surface area contributed by atoms with Crippen LogP contribution in [0.15, 0.2) is 84.9 Å². The van der Waals surface area contributed by atoms with E-state index in [0.717, 1.165) is 13.1 Å². The van der Waals surface area contributed by atoms with Gasteiger partial charge in [0.25, 0.3) is 5.91 Å². The highest BCUT2D eigenvalue weighted by Gasteiger charge is 2.28. The third-order valence-corrected chi connectivity index (χ3v) is 5.51. The second-order valence-corrected chi connectivity index (χ2v) is 7.50. The van der Waals surface area contributed by atoms with Crippen LogP contribution in [-0.4, -0.2) is 48.5 Å². The molecular weight excluding hydrogens is 374 g/mol. The normalized spacial score (nSPS) is 14.6. The van der Waals surface area contributed by atoms with Gasteiger partial charge in [0.15, 0.2) is 6.61 Å². The molecule has 3 aromatic carbocycles. The average Bonchev–Trinajstić information content (AvgIpc) is 2.81. The first kappa shape index (κ1) is 20.0. The SMILES string of the molecule is Nc1ccc(OCC(=O)N2CCN(C(c3ccccc3)c3ccccc3)CC2)cc1. The van der Waals surface area contributed by atoms with Gasteiger partial charge in [0.05, 0.1) is 6.04 Å². The van der Waals surface area contributed by atoms with Crippen molar-refractivity contribution in [1.82, 2.24) is 9.80 Å². The van der Waals surface area contributed by atoms with Crippen molar-refractivity contribution < 1.29 is 9.53 Å². The van der Waals surface area contributed by atoms with Gasteiger partial charge in [-0.15, -0.1) is 0 Å². The van der Waals surface area contributed by atoms with Crippen LogP contribution in [0, 0.1) is 0 Å². The molecule has 154 valence electrons. The predicted octanol–water partition coefficient (Wildman–Crippen LogP) is 3.58. The van der Waals surface area contributed by atoms with Crippen molar-refractivity contribution in [2.75, 3.05) is 38.5 Å². The number of ether oxygens (including phenoxy) is 1. The molecule has 4 rings (SSSR count). The number of carbonyl (C=O) groups excluding carboxylic acids is 1. The minimum atomic E-state index is 0.0162. The lowest BCUT2D eigenvalue weighted by molar-refractivity contribution is -0.135. The monoisotopic (exact) mass is 401 g/mol. The van der Waals surface area contributed by atoms with E-state index in [-0.39, 0.29) is 18.6 Å². The molecule has 2 N–H and O–H groups in total. The Morgan fingerprint density at radius 1 is 0.800 bits per heavy atom. The maximum absolute atomic E-state index is 12.6. The Bertz CT molecular complexity index is 898. The number of nitrogens with zero attached hydrogens (tertiary/aromatic N) is 2. The van der Waals surface area contributed by atoms with E-state index in [1.54, 1.807) is 24.3 Å². The van der Waals surface area contributed by atoms with Crippen LogP contribution in [-0.2, 0) is 4.79 Å². The predicted molar refractivity (Wildman–Crippen MR) is 119 cm³/mol. The van der Waals surface area contributed by atoms with Gasteiger partial charge in [0.1, 0.15) is 5.75 Å². The Morgan fingerprint density at radius 3 is 1.87 bits per heavy atom. The molecule has 5 heteroatoms. The van der Waals surface area contributed by atoms with Gasteiger partial charge in [0, 0.05) is 31.9 Å². The third-order valence-electron chi connectivity index (χ3n) is 5.51. The number of amides is 1. The quantitative estimate of drug-likeness (QED) is 0.642. The zero-order chi connectivity index (χ0) is 20.8. The number of hydrogen-bond acceptors (Lipinski definition) is 4.